The van der Waals surface area contributed by atoms with Crippen molar-refractivity contribution in [2.24, 2.45) is 0 Å². The summed E-state index contributed by atoms with van der Waals surface area (Å²) in [7, 11) is 0. The second-order valence-electron chi connectivity index (χ2n) is 6.14. The zero-order valence-electron chi connectivity index (χ0n) is 13.4. The molecule has 1 aromatic carbocycles. The molecule has 1 unspecified atom stereocenters. The van der Waals surface area contributed by atoms with Crippen molar-refractivity contribution in [3.8, 4) is 5.75 Å². The molecule has 1 amide bonds. The first-order valence-electron chi connectivity index (χ1n) is 8.04. The minimum absolute atomic E-state index is 0.0893. The van der Waals surface area contributed by atoms with Gasteiger partial charge < -0.3 is 15.0 Å². The molecule has 2 aromatic heterocycles. The normalized spacial score (nSPS) is 17.5. The number of likely N-dealkylation sites (tertiary alicyclic amines) is 1. The van der Waals surface area contributed by atoms with Crippen LogP contribution >= 0.6 is 0 Å². The molecule has 1 atom stereocenters. The fourth-order valence-corrected chi connectivity index (χ4v) is 3.37. The first-order valence-corrected chi connectivity index (χ1v) is 8.04. The molecule has 3 heterocycles. The van der Waals surface area contributed by atoms with Crippen LogP contribution in [0.25, 0.3) is 11.0 Å². The number of para-hydroxylation sites is 1. The molecule has 3 aromatic rings. The van der Waals surface area contributed by atoms with Crippen molar-refractivity contribution in [3.05, 3.63) is 53.6 Å². The second-order valence-corrected chi connectivity index (χ2v) is 6.14. The molecule has 1 aliphatic heterocycles. The van der Waals surface area contributed by atoms with Crippen LogP contribution in [0.4, 0.5) is 0 Å². The predicted octanol–water partition coefficient (Wildman–Crippen LogP) is 2.95. The highest BCUT2D eigenvalue weighted by molar-refractivity contribution is 5.97. The van der Waals surface area contributed by atoms with Gasteiger partial charge in [0.15, 0.2) is 0 Å². The first-order chi connectivity index (χ1) is 11.6. The molecule has 6 heteroatoms. The summed E-state index contributed by atoms with van der Waals surface area (Å²) in [6, 6.07) is 7.47. The molecule has 122 valence electrons. The number of carbonyl (C=O) groups excluding carboxylic acids is 1. The standard InChI is InChI=1S/C18H18N4O2/c1-11-4-2-5-13-16(11)21-17(20-13)14-6-3-9-22(14)18(24)12-7-8-19-10-15(12)23/h2,4-5,7-8,10,14,23H,3,6,9H2,1H3,(H,20,21). The maximum atomic E-state index is 12.8. The van der Waals surface area contributed by atoms with E-state index in [4.69, 9.17) is 4.98 Å². The van der Waals surface area contributed by atoms with E-state index in [2.05, 4.69) is 9.97 Å². The number of rotatable bonds is 2. The van der Waals surface area contributed by atoms with Crippen LogP contribution in [0.1, 0.15) is 40.6 Å². The number of amides is 1. The summed E-state index contributed by atoms with van der Waals surface area (Å²) in [4.78, 5) is 26.5. The van der Waals surface area contributed by atoms with Gasteiger partial charge in [-0.3, -0.25) is 9.78 Å². The summed E-state index contributed by atoms with van der Waals surface area (Å²) in [5.74, 6) is 0.530. The molecular weight excluding hydrogens is 304 g/mol. The number of carbonyl (C=O) groups is 1. The minimum atomic E-state index is -0.186. The summed E-state index contributed by atoms with van der Waals surface area (Å²) >= 11 is 0. The molecule has 0 spiro atoms. The van der Waals surface area contributed by atoms with Gasteiger partial charge in [0.1, 0.15) is 11.6 Å². The van der Waals surface area contributed by atoms with Gasteiger partial charge in [0.25, 0.3) is 5.91 Å². The van der Waals surface area contributed by atoms with Crippen molar-refractivity contribution >= 4 is 16.9 Å². The van der Waals surface area contributed by atoms with Gasteiger partial charge in [0.05, 0.1) is 28.8 Å². The second kappa shape index (κ2) is 5.63. The number of aromatic amines is 1. The van der Waals surface area contributed by atoms with E-state index in [1.54, 1.807) is 11.0 Å². The van der Waals surface area contributed by atoms with Crippen molar-refractivity contribution in [1.29, 1.82) is 0 Å². The van der Waals surface area contributed by atoms with Crippen LogP contribution in [0, 0.1) is 6.92 Å². The van der Waals surface area contributed by atoms with Crippen LogP contribution in [0.3, 0.4) is 0 Å². The Morgan fingerprint density at radius 2 is 2.25 bits per heavy atom. The average molecular weight is 322 g/mol. The molecule has 24 heavy (non-hydrogen) atoms. The third kappa shape index (κ3) is 2.31. The number of benzene rings is 1. The van der Waals surface area contributed by atoms with Gasteiger partial charge in [-0.2, -0.15) is 0 Å². The van der Waals surface area contributed by atoms with E-state index in [0.29, 0.717) is 6.54 Å². The summed E-state index contributed by atoms with van der Waals surface area (Å²) in [6.07, 6.45) is 4.58. The molecule has 1 aliphatic rings. The molecule has 1 fully saturated rings. The van der Waals surface area contributed by atoms with E-state index in [0.717, 1.165) is 35.3 Å². The van der Waals surface area contributed by atoms with Gasteiger partial charge in [0.2, 0.25) is 0 Å². The Morgan fingerprint density at radius 3 is 3.04 bits per heavy atom. The lowest BCUT2D eigenvalue weighted by molar-refractivity contribution is 0.0727. The Morgan fingerprint density at radius 1 is 1.38 bits per heavy atom. The van der Waals surface area contributed by atoms with Crippen molar-refractivity contribution in [1.82, 2.24) is 19.9 Å². The van der Waals surface area contributed by atoms with Gasteiger partial charge in [0, 0.05) is 12.7 Å². The fourth-order valence-electron chi connectivity index (χ4n) is 3.37. The average Bonchev–Trinajstić information content (AvgIpc) is 3.22. The van der Waals surface area contributed by atoms with Gasteiger partial charge in [-0.05, 0) is 37.5 Å². The quantitative estimate of drug-likeness (QED) is 0.760. The van der Waals surface area contributed by atoms with Crippen LogP contribution in [-0.4, -0.2) is 37.4 Å². The highest BCUT2D eigenvalue weighted by Crippen LogP contribution is 2.34. The van der Waals surface area contributed by atoms with Crippen molar-refractivity contribution in [2.45, 2.75) is 25.8 Å². The lowest BCUT2D eigenvalue weighted by Crippen LogP contribution is -2.31. The Balaban J connectivity index is 1.70. The van der Waals surface area contributed by atoms with Gasteiger partial charge >= 0.3 is 0 Å². The van der Waals surface area contributed by atoms with Crippen LogP contribution in [0.2, 0.25) is 0 Å². The summed E-state index contributed by atoms with van der Waals surface area (Å²) in [6.45, 7) is 2.68. The van der Waals surface area contributed by atoms with Crippen molar-refractivity contribution in [3.63, 3.8) is 0 Å². The third-order valence-corrected chi connectivity index (χ3v) is 4.59. The largest absolute Gasteiger partial charge is 0.505 e. The number of imidazole rings is 1. The summed E-state index contributed by atoms with van der Waals surface area (Å²) < 4.78 is 0. The van der Waals surface area contributed by atoms with Gasteiger partial charge in [-0.25, -0.2) is 4.98 Å². The van der Waals surface area contributed by atoms with Crippen molar-refractivity contribution in [2.75, 3.05) is 6.54 Å². The number of fused-ring (bicyclic) bond motifs is 1. The Labute approximate surface area is 139 Å². The van der Waals surface area contributed by atoms with Gasteiger partial charge in [-0.1, -0.05) is 12.1 Å². The number of aromatic hydroxyl groups is 1. The lowest BCUT2D eigenvalue weighted by Gasteiger charge is -2.23. The highest BCUT2D eigenvalue weighted by atomic mass is 16.3. The number of hydrogen-bond acceptors (Lipinski definition) is 4. The number of aryl methyl sites for hydroxylation is 1. The maximum Gasteiger partial charge on any atom is 0.258 e. The molecule has 0 bridgehead atoms. The molecule has 4 rings (SSSR count). The third-order valence-electron chi connectivity index (χ3n) is 4.59. The number of nitrogens with zero attached hydrogens (tertiary/aromatic N) is 3. The summed E-state index contributed by atoms with van der Waals surface area (Å²) in [5.41, 5.74) is 3.32. The van der Waals surface area contributed by atoms with E-state index in [1.165, 1.54) is 12.4 Å². The number of hydrogen-bond donors (Lipinski definition) is 2. The molecule has 2 N–H and O–H groups in total. The summed E-state index contributed by atoms with van der Waals surface area (Å²) in [5, 5.41) is 9.92. The topological polar surface area (TPSA) is 82.1 Å². The van der Waals surface area contributed by atoms with E-state index in [9.17, 15) is 9.90 Å². The fraction of sp³-hybridized carbons (Fsp3) is 0.278. The molecule has 1 saturated heterocycles. The highest BCUT2D eigenvalue weighted by Gasteiger charge is 2.33. The lowest BCUT2D eigenvalue weighted by atomic mass is 10.1. The predicted molar refractivity (Wildman–Crippen MR) is 89.7 cm³/mol. The zero-order chi connectivity index (χ0) is 16.7. The smallest absolute Gasteiger partial charge is 0.258 e. The molecule has 0 radical (unpaired) electrons. The van der Waals surface area contributed by atoms with Gasteiger partial charge in [-0.15, -0.1) is 0 Å². The van der Waals surface area contributed by atoms with E-state index >= 15 is 0 Å². The van der Waals surface area contributed by atoms with E-state index < -0.39 is 0 Å². The Kier molecular flexibility index (Phi) is 3.45. The Bertz CT molecular complexity index is 918. The van der Waals surface area contributed by atoms with E-state index in [1.807, 2.05) is 25.1 Å². The first kappa shape index (κ1) is 14.7. The Hall–Kier alpha value is -2.89. The number of H-pyrrole nitrogens is 1. The monoisotopic (exact) mass is 322 g/mol. The van der Waals surface area contributed by atoms with E-state index in [-0.39, 0.29) is 23.3 Å². The number of aromatic nitrogens is 3. The minimum Gasteiger partial charge on any atom is -0.505 e. The number of pyridine rings is 1. The molecular formula is C18H18N4O2. The zero-order valence-corrected chi connectivity index (χ0v) is 13.4. The van der Waals surface area contributed by atoms with Crippen LogP contribution in [0.15, 0.2) is 36.7 Å². The molecule has 0 saturated carbocycles. The van der Waals surface area contributed by atoms with Crippen LogP contribution in [-0.2, 0) is 0 Å². The molecule has 6 nitrogen and oxygen atoms in total. The van der Waals surface area contributed by atoms with Crippen LogP contribution < -0.4 is 0 Å². The molecule has 0 aliphatic carbocycles. The maximum absolute atomic E-state index is 12.8. The SMILES string of the molecule is Cc1cccc2[nH]c(C3CCCN3C(=O)c3ccncc3O)nc12. The van der Waals surface area contributed by atoms with Crippen molar-refractivity contribution < 1.29 is 9.90 Å². The van der Waals surface area contributed by atoms with Crippen LogP contribution in [0.5, 0.6) is 5.75 Å². The number of nitrogens with one attached hydrogen (secondary N) is 1.